The molecule has 90 valence electrons. The Hall–Kier alpha value is -1.95. The fourth-order valence-corrected chi connectivity index (χ4v) is 1.54. The highest BCUT2D eigenvalue weighted by Gasteiger charge is 2.21. The van der Waals surface area contributed by atoms with Crippen LogP contribution in [0.2, 0.25) is 5.02 Å². The summed E-state index contributed by atoms with van der Waals surface area (Å²) in [5.74, 6) is -0.948. The number of nitrogens with zero attached hydrogens (tertiary/aromatic N) is 1. The second kappa shape index (κ2) is 5.95. The molecule has 0 saturated heterocycles. The van der Waals surface area contributed by atoms with Crippen molar-refractivity contribution in [1.82, 2.24) is 0 Å². The topological polar surface area (TPSA) is 98.8 Å². The molecule has 0 fully saturated rings. The summed E-state index contributed by atoms with van der Waals surface area (Å²) in [7, 11) is 0. The lowest BCUT2D eigenvalue weighted by Crippen LogP contribution is -2.19. The highest BCUT2D eigenvalue weighted by Crippen LogP contribution is 2.28. The van der Waals surface area contributed by atoms with Crippen LogP contribution in [0.5, 0.6) is 0 Å². The first-order chi connectivity index (χ1) is 8.04. The first kappa shape index (κ1) is 13.1. The number of halogens is 1. The Morgan fingerprint density at radius 3 is 2.59 bits per heavy atom. The maximum absolute atomic E-state index is 10.9. The van der Waals surface area contributed by atoms with E-state index >= 15 is 0 Å². The zero-order valence-corrected chi connectivity index (χ0v) is 9.39. The lowest BCUT2D eigenvalue weighted by Gasteiger charge is -2.15. The number of nitroso groups, excluding NO2 is 1. The molecule has 0 aliphatic carbocycles. The van der Waals surface area contributed by atoms with E-state index in [0.29, 0.717) is 10.6 Å². The van der Waals surface area contributed by atoms with Gasteiger partial charge in [0.2, 0.25) is 0 Å². The molecule has 0 radical (unpaired) electrons. The van der Waals surface area contributed by atoms with Gasteiger partial charge in [0.25, 0.3) is 5.91 Å². The van der Waals surface area contributed by atoms with Gasteiger partial charge >= 0.3 is 6.09 Å². The van der Waals surface area contributed by atoms with E-state index in [-0.39, 0.29) is 0 Å². The van der Waals surface area contributed by atoms with Gasteiger partial charge in [0.05, 0.1) is 6.42 Å². The lowest BCUT2D eigenvalue weighted by molar-refractivity contribution is -0.119. The highest BCUT2D eigenvalue weighted by atomic mass is 35.5. The van der Waals surface area contributed by atoms with Crippen LogP contribution in [0.25, 0.3) is 0 Å². The van der Waals surface area contributed by atoms with E-state index in [4.69, 9.17) is 22.1 Å². The van der Waals surface area contributed by atoms with Crippen LogP contribution in [0.1, 0.15) is 18.1 Å². The number of hydrogen-bond acceptors (Lipinski definition) is 4. The summed E-state index contributed by atoms with van der Waals surface area (Å²) >= 11 is 5.88. The number of primary amides is 1. The van der Waals surface area contributed by atoms with Gasteiger partial charge in [0.15, 0.2) is 0 Å². The minimum Gasteiger partial charge on any atom is -0.441 e. The Balaban J connectivity index is 2.97. The van der Waals surface area contributed by atoms with Gasteiger partial charge in [-0.25, -0.2) is 4.79 Å². The normalized spacial score (nSPS) is 11.6. The first-order valence-electron chi connectivity index (χ1n) is 4.61. The van der Waals surface area contributed by atoms with Gasteiger partial charge in [-0.2, -0.15) is 0 Å². The predicted molar refractivity (Wildman–Crippen MR) is 60.3 cm³/mol. The number of amides is 2. The second-order valence-electron chi connectivity index (χ2n) is 3.14. The first-order valence-corrected chi connectivity index (χ1v) is 4.99. The minimum atomic E-state index is -1.06. The summed E-state index contributed by atoms with van der Waals surface area (Å²) < 4.78 is 4.72. The van der Waals surface area contributed by atoms with Crippen LogP contribution in [-0.4, -0.2) is 12.0 Å². The molecule has 0 aromatic heterocycles. The molecule has 6 nitrogen and oxygen atoms in total. The van der Waals surface area contributed by atoms with Crippen molar-refractivity contribution in [3.05, 3.63) is 39.8 Å². The lowest BCUT2D eigenvalue weighted by atomic mass is 10.1. The van der Waals surface area contributed by atoms with Crippen LogP contribution in [0.4, 0.5) is 4.79 Å². The molecule has 2 N–H and O–H groups in total. The molecule has 2 amide bonds. The number of nitrogens with two attached hydrogens (primary N) is 1. The van der Waals surface area contributed by atoms with Gasteiger partial charge in [0, 0.05) is 15.8 Å². The molecule has 17 heavy (non-hydrogen) atoms. The van der Waals surface area contributed by atoms with Crippen molar-refractivity contribution in [2.75, 3.05) is 0 Å². The Bertz CT molecular complexity index is 450. The van der Waals surface area contributed by atoms with Crippen molar-refractivity contribution < 1.29 is 14.3 Å². The van der Waals surface area contributed by atoms with Gasteiger partial charge in [0.1, 0.15) is 6.10 Å². The molecule has 1 aromatic carbocycles. The fourth-order valence-electron chi connectivity index (χ4n) is 1.29. The standard InChI is InChI=1S/C10H9ClN2O4/c11-7-4-2-1-3-6(7)8(17-10(12)15)5-9(14)13-16/h1-4,8H,5H2,(H2,12,15). The molecule has 7 heteroatoms. The summed E-state index contributed by atoms with van der Waals surface area (Å²) in [6.45, 7) is 0. The second-order valence-corrected chi connectivity index (χ2v) is 3.54. The van der Waals surface area contributed by atoms with Crippen LogP contribution in [-0.2, 0) is 9.53 Å². The molecule has 0 aliphatic heterocycles. The predicted octanol–water partition coefficient (Wildman–Crippen LogP) is 2.16. The van der Waals surface area contributed by atoms with Crippen molar-refractivity contribution >= 4 is 23.6 Å². The third-order valence-electron chi connectivity index (χ3n) is 1.97. The summed E-state index contributed by atoms with van der Waals surface area (Å²) in [5.41, 5.74) is 5.27. The van der Waals surface area contributed by atoms with Gasteiger partial charge < -0.3 is 10.5 Å². The Kier molecular flexibility index (Phi) is 4.59. The smallest absolute Gasteiger partial charge is 0.405 e. The zero-order valence-electron chi connectivity index (χ0n) is 8.63. The van der Waals surface area contributed by atoms with E-state index in [1.165, 1.54) is 0 Å². The molecule has 1 atom stereocenters. The van der Waals surface area contributed by atoms with Crippen molar-refractivity contribution in [3.8, 4) is 0 Å². The molecule has 0 bridgehead atoms. The maximum Gasteiger partial charge on any atom is 0.405 e. The summed E-state index contributed by atoms with van der Waals surface area (Å²) in [5, 5.41) is 2.53. The quantitative estimate of drug-likeness (QED) is 0.834. The van der Waals surface area contributed by atoms with Crippen LogP contribution < -0.4 is 5.73 Å². The molecule has 1 rings (SSSR count). The molecular weight excluding hydrogens is 248 g/mol. The van der Waals surface area contributed by atoms with E-state index in [1.54, 1.807) is 24.3 Å². The van der Waals surface area contributed by atoms with Gasteiger partial charge in [-0.1, -0.05) is 29.8 Å². The van der Waals surface area contributed by atoms with Crippen molar-refractivity contribution in [3.63, 3.8) is 0 Å². The third-order valence-corrected chi connectivity index (χ3v) is 2.32. The maximum atomic E-state index is 10.9. The van der Waals surface area contributed by atoms with Crippen LogP contribution in [0.3, 0.4) is 0 Å². The van der Waals surface area contributed by atoms with E-state index < -0.39 is 24.5 Å². The fraction of sp³-hybridized carbons (Fsp3) is 0.200. The summed E-state index contributed by atoms with van der Waals surface area (Å²) in [6.07, 6.45) is -2.46. The van der Waals surface area contributed by atoms with Crippen LogP contribution >= 0.6 is 11.6 Å². The van der Waals surface area contributed by atoms with E-state index in [2.05, 4.69) is 5.18 Å². The number of rotatable bonds is 4. The number of ether oxygens (including phenoxy) is 1. The van der Waals surface area contributed by atoms with Crippen LogP contribution in [0, 0.1) is 4.91 Å². The molecule has 0 aliphatic rings. The summed E-state index contributed by atoms with van der Waals surface area (Å²) in [4.78, 5) is 31.7. The number of carbonyl (C=O) groups excluding carboxylic acids is 2. The molecule has 0 saturated carbocycles. The van der Waals surface area contributed by atoms with Gasteiger partial charge in [-0.05, 0) is 6.07 Å². The monoisotopic (exact) mass is 256 g/mol. The SMILES string of the molecule is NC(=O)OC(CC(=O)N=O)c1ccccc1Cl. The minimum absolute atomic E-state index is 0.303. The third kappa shape index (κ3) is 3.84. The zero-order chi connectivity index (χ0) is 12.8. The molecule has 0 spiro atoms. The molecule has 0 heterocycles. The Morgan fingerprint density at radius 2 is 2.06 bits per heavy atom. The molecular formula is C10H9ClN2O4. The van der Waals surface area contributed by atoms with E-state index in [1.807, 2.05) is 0 Å². The highest BCUT2D eigenvalue weighted by molar-refractivity contribution is 6.31. The van der Waals surface area contributed by atoms with Crippen molar-refractivity contribution in [2.45, 2.75) is 12.5 Å². The largest absolute Gasteiger partial charge is 0.441 e. The average Bonchev–Trinajstić information content (AvgIpc) is 2.28. The van der Waals surface area contributed by atoms with E-state index in [0.717, 1.165) is 0 Å². The molecule has 1 unspecified atom stereocenters. The van der Waals surface area contributed by atoms with Crippen molar-refractivity contribution in [1.29, 1.82) is 0 Å². The van der Waals surface area contributed by atoms with Gasteiger partial charge in [-0.15, -0.1) is 4.91 Å². The molecule has 1 aromatic rings. The van der Waals surface area contributed by atoms with Crippen molar-refractivity contribution in [2.24, 2.45) is 10.9 Å². The van der Waals surface area contributed by atoms with E-state index in [9.17, 15) is 14.5 Å². The number of carbonyl (C=O) groups is 2. The van der Waals surface area contributed by atoms with Crippen LogP contribution in [0.15, 0.2) is 29.4 Å². The Labute approximate surface area is 102 Å². The number of benzene rings is 1. The average molecular weight is 257 g/mol. The number of hydrogen-bond donors (Lipinski definition) is 1. The Morgan fingerprint density at radius 1 is 1.41 bits per heavy atom. The summed E-state index contributed by atoms with van der Waals surface area (Å²) in [6, 6.07) is 6.45. The van der Waals surface area contributed by atoms with Gasteiger partial charge in [-0.3, -0.25) is 4.79 Å².